The van der Waals surface area contributed by atoms with Gasteiger partial charge in [0, 0.05) is 32.0 Å². The molecule has 0 aromatic carbocycles. The van der Waals surface area contributed by atoms with E-state index < -0.39 is 0 Å². The summed E-state index contributed by atoms with van der Waals surface area (Å²) in [5, 5.41) is 12.9. The second-order valence-electron chi connectivity index (χ2n) is 4.33. The molecule has 0 bridgehead atoms. The van der Waals surface area contributed by atoms with Gasteiger partial charge in [-0.3, -0.25) is 4.98 Å². The number of nitrogens with zero attached hydrogens (tertiary/aromatic N) is 2. The molecule has 1 rings (SSSR count). The van der Waals surface area contributed by atoms with Gasteiger partial charge in [0.1, 0.15) is 0 Å². The van der Waals surface area contributed by atoms with Gasteiger partial charge in [-0.1, -0.05) is 6.92 Å². The van der Waals surface area contributed by atoms with Crippen LogP contribution in [0.4, 0.5) is 0 Å². The molecule has 1 heterocycles. The number of aliphatic hydroxyl groups is 1. The normalized spacial score (nSPS) is 12.9. The van der Waals surface area contributed by atoms with Gasteiger partial charge in [0.05, 0.1) is 6.10 Å². The fourth-order valence-corrected chi connectivity index (χ4v) is 1.70. The Hall–Kier alpha value is -0.970. The maximum Gasteiger partial charge on any atom is 0.0791 e. The van der Waals surface area contributed by atoms with E-state index in [-0.39, 0.29) is 6.10 Å². The van der Waals surface area contributed by atoms with Crippen molar-refractivity contribution in [2.45, 2.75) is 19.4 Å². The summed E-state index contributed by atoms with van der Waals surface area (Å²) in [6.07, 6.45) is 4.33. The van der Waals surface area contributed by atoms with Gasteiger partial charge < -0.3 is 15.3 Å². The van der Waals surface area contributed by atoms with Crippen LogP contribution in [-0.4, -0.2) is 54.3 Å². The minimum absolute atomic E-state index is 0.294. The zero-order chi connectivity index (χ0) is 12.5. The lowest BCUT2D eigenvalue weighted by Gasteiger charge is -2.20. The van der Waals surface area contributed by atoms with E-state index in [0.717, 1.165) is 19.5 Å². The molecule has 0 amide bonds. The van der Waals surface area contributed by atoms with Crippen molar-refractivity contribution in [3.63, 3.8) is 0 Å². The van der Waals surface area contributed by atoms with Crippen LogP contribution in [0, 0.1) is 0 Å². The monoisotopic (exact) mass is 237 g/mol. The van der Waals surface area contributed by atoms with Gasteiger partial charge in [-0.2, -0.15) is 0 Å². The Morgan fingerprint density at radius 1 is 1.41 bits per heavy atom. The molecule has 0 aliphatic heterocycles. The molecule has 1 unspecified atom stereocenters. The molecule has 0 spiro atoms. The predicted molar refractivity (Wildman–Crippen MR) is 70.0 cm³/mol. The number of pyridine rings is 1. The number of hydrogen-bond donors (Lipinski definition) is 2. The minimum Gasteiger partial charge on any atom is -0.390 e. The zero-order valence-corrected chi connectivity index (χ0v) is 10.8. The smallest absolute Gasteiger partial charge is 0.0791 e. The molecular weight excluding hydrogens is 214 g/mol. The molecule has 1 aromatic rings. The number of nitrogens with one attached hydrogen (secondary N) is 1. The second-order valence-corrected chi connectivity index (χ2v) is 4.33. The van der Waals surface area contributed by atoms with Crippen LogP contribution in [0.2, 0.25) is 0 Å². The molecule has 0 aliphatic rings. The molecule has 0 saturated heterocycles. The summed E-state index contributed by atoms with van der Waals surface area (Å²) in [4.78, 5) is 6.15. The molecule has 96 valence electrons. The van der Waals surface area contributed by atoms with Crippen molar-refractivity contribution in [1.29, 1.82) is 0 Å². The quantitative estimate of drug-likeness (QED) is 0.692. The van der Waals surface area contributed by atoms with Crippen molar-refractivity contribution in [2.24, 2.45) is 0 Å². The highest BCUT2D eigenvalue weighted by Gasteiger charge is 2.07. The Labute approximate surface area is 104 Å². The summed E-state index contributed by atoms with van der Waals surface area (Å²) in [5.41, 5.74) is 1.29. The molecule has 0 aliphatic carbocycles. The van der Waals surface area contributed by atoms with Gasteiger partial charge in [-0.15, -0.1) is 0 Å². The van der Waals surface area contributed by atoms with Crippen molar-refractivity contribution in [1.82, 2.24) is 15.2 Å². The minimum atomic E-state index is -0.294. The number of hydrogen-bond acceptors (Lipinski definition) is 4. The second kappa shape index (κ2) is 8.17. The van der Waals surface area contributed by atoms with Crippen LogP contribution in [-0.2, 0) is 6.42 Å². The van der Waals surface area contributed by atoms with Gasteiger partial charge in [0.2, 0.25) is 0 Å². The maximum atomic E-state index is 9.73. The highest BCUT2D eigenvalue weighted by atomic mass is 16.3. The molecule has 4 heteroatoms. The van der Waals surface area contributed by atoms with Crippen LogP contribution in [0.25, 0.3) is 0 Å². The van der Waals surface area contributed by atoms with E-state index in [1.807, 2.05) is 38.5 Å². The van der Waals surface area contributed by atoms with Crippen LogP contribution in [0.3, 0.4) is 0 Å². The average molecular weight is 237 g/mol. The van der Waals surface area contributed by atoms with Crippen molar-refractivity contribution in [2.75, 3.05) is 33.2 Å². The van der Waals surface area contributed by atoms with E-state index in [2.05, 4.69) is 15.2 Å². The molecule has 4 nitrogen and oxygen atoms in total. The van der Waals surface area contributed by atoms with E-state index >= 15 is 0 Å². The third-order valence-corrected chi connectivity index (χ3v) is 2.68. The standard InChI is InChI=1S/C13H23N3O/c1-3-14-10-13(17)11-16(2)9-6-12-4-7-15-8-5-12/h4-5,7-8,13-14,17H,3,6,9-11H2,1-2H3. The van der Waals surface area contributed by atoms with E-state index in [9.17, 15) is 5.11 Å². The van der Waals surface area contributed by atoms with E-state index in [4.69, 9.17) is 0 Å². The Bertz CT molecular complexity index is 292. The summed E-state index contributed by atoms with van der Waals surface area (Å²) >= 11 is 0. The average Bonchev–Trinajstić information content (AvgIpc) is 2.35. The summed E-state index contributed by atoms with van der Waals surface area (Å²) in [5.74, 6) is 0. The Kier molecular flexibility index (Phi) is 6.77. The fourth-order valence-electron chi connectivity index (χ4n) is 1.70. The van der Waals surface area contributed by atoms with Crippen molar-refractivity contribution in [3.05, 3.63) is 30.1 Å². The maximum absolute atomic E-state index is 9.73. The van der Waals surface area contributed by atoms with E-state index in [0.29, 0.717) is 13.1 Å². The molecule has 2 N–H and O–H groups in total. The SMILES string of the molecule is CCNCC(O)CN(C)CCc1ccncc1. The molecule has 1 aromatic heterocycles. The number of rotatable bonds is 8. The van der Waals surface area contributed by atoms with Crippen LogP contribution < -0.4 is 5.32 Å². The van der Waals surface area contributed by atoms with E-state index in [1.54, 1.807) is 0 Å². The van der Waals surface area contributed by atoms with Gasteiger partial charge in [-0.05, 0) is 37.7 Å². The fraction of sp³-hybridized carbons (Fsp3) is 0.615. The molecule has 0 fully saturated rings. The molecule has 0 saturated carbocycles. The summed E-state index contributed by atoms with van der Waals surface area (Å²) in [6, 6.07) is 4.06. The van der Waals surface area contributed by atoms with E-state index in [1.165, 1.54) is 5.56 Å². The van der Waals surface area contributed by atoms with Gasteiger partial charge >= 0.3 is 0 Å². The Balaban J connectivity index is 2.19. The van der Waals surface area contributed by atoms with Crippen LogP contribution in [0.1, 0.15) is 12.5 Å². The largest absolute Gasteiger partial charge is 0.390 e. The Morgan fingerprint density at radius 3 is 2.76 bits per heavy atom. The first-order valence-electron chi connectivity index (χ1n) is 6.18. The zero-order valence-electron chi connectivity index (χ0n) is 10.8. The topological polar surface area (TPSA) is 48.4 Å². The van der Waals surface area contributed by atoms with Gasteiger partial charge in [0.25, 0.3) is 0 Å². The predicted octanol–water partition coefficient (Wildman–Crippen LogP) is 0.526. The molecular formula is C13H23N3O. The third kappa shape index (κ3) is 6.36. The molecule has 0 radical (unpaired) electrons. The lowest BCUT2D eigenvalue weighted by atomic mass is 10.2. The lowest BCUT2D eigenvalue weighted by Crippen LogP contribution is -2.37. The van der Waals surface area contributed by atoms with Crippen molar-refractivity contribution >= 4 is 0 Å². The highest BCUT2D eigenvalue weighted by Crippen LogP contribution is 1.99. The number of likely N-dealkylation sites (N-methyl/N-ethyl adjacent to an activating group) is 2. The number of aromatic nitrogens is 1. The highest BCUT2D eigenvalue weighted by molar-refractivity contribution is 5.09. The van der Waals surface area contributed by atoms with Crippen LogP contribution in [0.15, 0.2) is 24.5 Å². The van der Waals surface area contributed by atoms with Crippen molar-refractivity contribution in [3.8, 4) is 0 Å². The first-order chi connectivity index (χ1) is 8.22. The summed E-state index contributed by atoms with van der Waals surface area (Å²) < 4.78 is 0. The third-order valence-electron chi connectivity index (χ3n) is 2.68. The summed E-state index contributed by atoms with van der Waals surface area (Å²) in [6.45, 7) is 5.26. The first-order valence-corrected chi connectivity index (χ1v) is 6.18. The van der Waals surface area contributed by atoms with Crippen LogP contribution >= 0.6 is 0 Å². The molecule has 1 atom stereocenters. The molecule has 17 heavy (non-hydrogen) atoms. The van der Waals surface area contributed by atoms with Crippen LogP contribution in [0.5, 0.6) is 0 Å². The lowest BCUT2D eigenvalue weighted by molar-refractivity contribution is 0.125. The number of aliphatic hydroxyl groups excluding tert-OH is 1. The van der Waals surface area contributed by atoms with Gasteiger partial charge in [-0.25, -0.2) is 0 Å². The van der Waals surface area contributed by atoms with Gasteiger partial charge in [0.15, 0.2) is 0 Å². The first kappa shape index (κ1) is 14.1. The Morgan fingerprint density at radius 2 is 2.12 bits per heavy atom. The summed E-state index contributed by atoms with van der Waals surface area (Å²) in [7, 11) is 2.04. The van der Waals surface area contributed by atoms with Crippen molar-refractivity contribution < 1.29 is 5.11 Å².